The molecule has 1 fully saturated rings. The summed E-state index contributed by atoms with van der Waals surface area (Å²) in [5, 5.41) is 7.00. The van der Waals surface area contributed by atoms with Crippen LogP contribution in [0.2, 0.25) is 0 Å². The van der Waals surface area contributed by atoms with Crippen LogP contribution < -0.4 is 15.4 Å². The predicted molar refractivity (Wildman–Crippen MR) is 117 cm³/mol. The number of rotatable bonds is 5. The third-order valence-corrected chi connectivity index (χ3v) is 5.78. The number of nitrogens with one attached hydrogen (secondary N) is 2. The summed E-state index contributed by atoms with van der Waals surface area (Å²) < 4.78 is 45.0. The lowest BCUT2D eigenvalue weighted by molar-refractivity contribution is -0.140. The molecule has 5 nitrogen and oxygen atoms in total. The molecule has 0 saturated heterocycles. The number of pyridine rings is 1. The number of carbonyl (C=O) groups excluding carboxylic acids is 1. The fourth-order valence-corrected chi connectivity index (χ4v) is 4.05. The molecule has 3 aromatic rings. The van der Waals surface area contributed by atoms with Gasteiger partial charge in [-0.15, -0.1) is 0 Å². The Bertz CT molecular complexity index is 1090. The van der Waals surface area contributed by atoms with Crippen LogP contribution in [0.4, 0.5) is 18.9 Å². The molecule has 1 amide bonds. The number of alkyl halides is 3. The van der Waals surface area contributed by atoms with E-state index in [4.69, 9.17) is 4.74 Å². The molecule has 8 heteroatoms. The first-order valence-corrected chi connectivity index (χ1v) is 10.5. The van der Waals surface area contributed by atoms with Crippen molar-refractivity contribution < 1.29 is 22.7 Å². The lowest BCUT2D eigenvalue weighted by Gasteiger charge is -2.30. The van der Waals surface area contributed by atoms with Gasteiger partial charge in [0.2, 0.25) is 0 Å². The number of ether oxygens (including phenoxy) is 1. The number of carbonyl (C=O) groups is 1. The van der Waals surface area contributed by atoms with Gasteiger partial charge in [-0.05, 0) is 62.1 Å². The number of amides is 1. The predicted octanol–water partition coefficient (Wildman–Crippen LogP) is 5.42. The van der Waals surface area contributed by atoms with Gasteiger partial charge in [0, 0.05) is 28.7 Å². The zero-order chi connectivity index (χ0) is 22.7. The van der Waals surface area contributed by atoms with E-state index in [2.05, 4.69) is 15.6 Å². The highest BCUT2D eigenvalue weighted by Crippen LogP contribution is 2.34. The van der Waals surface area contributed by atoms with Crippen LogP contribution in [0.1, 0.15) is 41.7 Å². The normalized spacial score (nSPS) is 18.9. The lowest BCUT2D eigenvalue weighted by atomic mass is 9.90. The molecule has 1 aromatic heterocycles. The van der Waals surface area contributed by atoms with Crippen LogP contribution >= 0.6 is 0 Å². The average molecular weight is 443 g/mol. The van der Waals surface area contributed by atoms with Crippen molar-refractivity contribution in [1.29, 1.82) is 0 Å². The number of nitrogens with zero attached hydrogens (tertiary/aromatic N) is 1. The minimum absolute atomic E-state index is 0.0241. The Balaban J connectivity index is 1.40. The van der Waals surface area contributed by atoms with Gasteiger partial charge in [0.15, 0.2) is 0 Å². The third-order valence-electron chi connectivity index (χ3n) is 5.78. The van der Waals surface area contributed by atoms with Crippen LogP contribution in [0.25, 0.3) is 10.9 Å². The van der Waals surface area contributed by atoms with E-state index in [1.165, 1.54) is 0 Å². The molecule has 32 heavy (non-hydrogen) atoms. The molecule has 2 aromatic carbocycles. The van der Waals surface area contributed by atoms with E-state index in [1.807, 2.05) is 0 Å². The van der Waals surface area contributed by atoms with E-state index in [9.17, 15) is 18.0 Å². The van der Waals surface area contributed by atoms with Crippen molar-refractivity contribution in [2.75, 3.05) is 12.4 Å². The van der Waals surface area contributed by atoms with Crippen LogP contribution in [0, 0.1) is 0 Å². The van der Waals surface area contributed by atoms with Crippen molar-refractivity contribution in [3.8, 4) is 5.75 Å². The van der Waals surface area contributed by atoms with Gasteiger partial charge < -0.3 is 15.4 Å². The summed E-state index contributed by atoms with van der Waals surface area (Å²) in [6.07, 6.45) is -1.54. The minimum atomic E-state index is -4.51. The number of methoxy groups -OCH3 is 1. The molecule has 1 aliphatic carbocycles. The second-order valence-corrected chi connectivity index (χ2v) is 7.96. The summed E-state index contributed by atoms with van der Waals surface area (Å²) in [4.78, 5) is 16.2. The second kappa shape index (κ2) is 9.06. The van der Waals surface area contributed by atoms with E-state index in [0.717, 1.165) is 31.7 Å². The molecule has 4 rings (SSSR count). The Morgan fingerprint density at radius 2 is 1.66 bits per heavy atom. The Labute approximate surface area is 184 Å². The number of aromatic nitrogens is 1. The third kappa shape index (κ3) is 4.95. The van der Waals surface area contributed by atoms with Crippen molar-refractivity contribution in [3.63, 3.8) is 0 Å². The molecule has 0 spiro atoms. The molecule has 0 unspecified atom stereocenters. The van der Waals surface area contributed by atoms with Crippen molar-refractivity contribution in [2.24, 2.45) is 0 Å². The SMILES string of the molecule is COc1ccc(C(=O)N[C@H]2CC[C@@H](Nc3cc(C(F)(F)F)nc4ccccc34)CC2)cc1. The van der Waals surface area contributed by atoms with Crippen molar-refractivity contribution in [3.05, 3.63) is 65.9 Å². The van der Waals surface area contributed by atoms with E-state index >= 15 is 0 Å². The smallest absolute Gasteiger partial charge is 0.433 e. The highest BCUT2D eigenvalue weighted by Gasteiger charge is 2.33. The molecular weight excluding hydrogens is 419 g/mol. The van der Waals surface area contributed by atoms with Gasteiger partial charge >= 0.3 is 6.18 Å². The molecule has 0 atom stereocenters. The highest BCUT2D eigenvalue weighted by atomic mass is 19.4. The Morgan fingerprint density at radius 1 is 1.00 bits per heavy atom. The van der Waals surface area contributed by atoms with E-state index < -0.39 is 11.9 Å². The first-order chi connectivity index (χ1) is 15.3. The zero-order valence-electron chi connectivity index (χ0n) is 17.6. The number of anilines is 1. The highest BCUT2D eigenvalue weighted by molar-refractivity contribution is 5.94. The van der Waals surface area contributed by atoms with Crippen LogP contribution in [0.5, 0.6) is 5.75 Å². The number of para-hydroxylation sites is 1. The Hall–Kier alpha value is -3.29. The number of benzene rings is 2. The summed E-state index contributed by atoms with van der Waals surface area (Å²) in [6, 6.07) is 14.9. The van der Waals surface area contributed by atoms with Gasteiger partial charge in [-0.1, -0.05) is 18.2 Å². The molecule has 0 radical (unpaired) electrons. The van der Waals surface area contributed by atoms with Crippen molar-refractivity contribution >= 4 is 22.5 Å². The summed E-state index contributed by atoms with van der Waals surface area (Å²) >= 11 is 0. The molecule has 2 N–H and O–H groups in total. The summed E-state index contributed by atoms with van der Waals surface area (Å²) in [7, 11) is 1.57. The minimum Gasteiger partial charge on any atom is -0.497 e. The molecule has 1 saturated carbocycles. The standard InChI is InChI=1S/C24H24F3N3O2/c1-32-18-12-6-15(7-13-18)23(31)29-17-10-8-16(9-11-17)28-21-14-22(24(25,26)27)30-20-5-3-2-4-19(20)21/h2-7,12-14,16-17H,8-11H2,1H3,(H,28,30)(H,29,31)/t16-,17+. The van der Waals surface area contributed by atoms with Crippen molar-refractivity contribution in [2.45, 2.75) is 43.9 Å². The van der Waals surface area contributed by atoms with Crippen LogP contribution in [-0.2, 0) is 6.18 Å². The maximum Gasteiger partial charge on any atom is 0.433 e. The largest absolute Gasteiger partial charge is 0.497 e. The maximum atomic E-state index is 13.3. The molecular formula is C24H24F3N3O2. The lowest BCUT2D eigenvalue weighted by Crippen LogP contribution is -2.40. The Kier molecular flexibility index (Phi) is 6.21. The van der Waals surface area contributed by atoms with Gasteiger partial charge in [-0.2, -0.15) is 13.2 Å². The maximum absolute atomic E-state index is 13.3. The van der Waals surface area contributed by atoms with Crippen molar-refractivity contribution in [1.82, 2.24) is 10.3 Å². The fourth-order valence-electron chi connectivity index (χ4n) is 4.05. The van der Waals surface area contributed by atoms with Gasteiger partial charge in [0.05, 0.1) is 12.6 Å². The Morgan fingerprint density at radius 3 is 2.31 bits per heavy atom. The van der Waals surface area contributed by atoms with Gasteiger partial charge in [0.1, 0.15) is 11.4 Å². The quantitative estimate of drug-likeness (QED) is 0.553. The monoisotopic (exact) mass is 443 g/mol. The number of halogens is 3. The number of hydrogen-bond acceptors (Lipinski definition) is 4. The zero-order valence-corrected chi connectivity index (χ0v) is 17.6. The second-order valence-electron chi connectivity index (χ2n) is 7.96. The molecule has 0 bridgehead atoms. The number of hydrogen-bond donors (Lipinski definition) is 2. The first-order valence-electron chi connectivity index (χ1n) is 10.5. The van der Waals surface area contributed by atoms with E-state index in [1.54, 1.807) is 55.6 Å². The molecule has 0 aliphatic heterocycles. The van der Waals surface area contributed by atoms with Crippen LogP contribution in [0.3, 0.4) is 0 Å². The molecule has 1 heterocycles. The summed E-state index contributed by atoms with van der Waals surface area (Å²) in [5.41, 5.74) is 0.409. The van der Waals surface area contributed by atoms with E-state index in [0.29, 0.717) is 27.9 Å². The topological polar surface area (TPSA) is 63.2 Å². The number of fused-ring (bicyclic) bond motifs is 1. The fraction of sp³-hybridized carbons (Fsp3) is 0.333. The van der Waals surface area contributed by atoms with Crippen LogP contribution in [-0.4, -0.2) is 30.1 Å². The average Bonchev–Trinajstić information content (AvgIpc) is 2.79. The van der Waals surface area contributed by atoms with Gasteiger partial charge in [0.25, 0.3) is 5.91 Å². The summed E-state index contributed by atoms with van der Waals surface area (Å²) in [6.45, 7) is 0. The van der Waals surface area contributed by atoms with Crippen LogP contribution in [0.15, 0.2) is 54.6 Å². The van der Waals surface area contributed by atoms with Gasteiger partial charge in [-0.3, -0.25) is 4.79 Å². The molecule has 1 aliphatic rings. The summed E-state index contributed by atoms with van der Waals surface area (Å²) in [5.74, 6) is 0.546. The van der Waals surface area contributed by atoms with Gasteiger partial charge in [-0.25, -0.2) is 4.98 Å². The molecule has 168 valence electrons. The first kappa shape index (κ1) is 21.9. The van der Waals surface area contributed by atoms with E-state index in [-0.39, 0.29) is 18.0 Å².